The fraction of sp³-hybridized carbons (Fsp3) is 0.0588. The Morgan fingerprint density at radius 3 is 2.75 bits per heavy atom. The second-order valence-electron chi connectivity index (χ2n) is 5.08. The number of aromatic nitrogens is 3. The van der Waals surface area contributed by atoms with Crippen molar-refractivity contribution in [1.82, 2.24) is 15.0 Å². The summed E-state index contributed by atoms with van der Waals surface area (Å²) in [5.41, 5.74) is 1.63. The van der Waals surface area contributed by atoms with E-state index >= 15 is 0 Å². The van der Waals surface area contributed by atoms with Crippen LogP contribution in [-0.4, -0.2) is 32.6 Å². The summed E-state index contributed by atoms with van der Waals surface area (Å²) in [5, 5.41) is 10.5. The van der Waals surface area contributed by atoms with Crippen molar-refractivity contribution < 1.29 is 9.90 Å². The first-order valence-corrected chi connectivity index (χ1v) is 8.06. The van der Waals surface area contributed by atoms with Crippen molar-refractivity contribution in [3.8, 4) is 0 Å². The highest BCUT2D eigenvalue weighted by Crippen LogP contribution is 2.46. The van der Waals surface area contributed by atoms with E-state index in [1.165, 1.54) is 11.8 Å². The second-order valence-corrected chi connectivity index (χ2v) is 6.11. The van der Waals surface area contributed by atoms with Crippen molar-refractivity contribution in [2.24, 2.45) is 0 Å². The summed E-state index contributed by atoms with van der Waals surface area (Å²) in [6, 6.07) is 10.6. The largest absolute Gasteiger partial charge is 0.376 e. The van der Waals surface area contributed by atoms with Crippen LogP contribution in [0.4, 0.5) is 11.5 Å². The van der Waals surface area contributed by atoms with Gasteiger partial charge in [0.05, 0.1) is 5.69 Å². The molecule has 3 aromatic rings. The summed E-state index contributed by atoms with van der Waals surface area (Å²) in [4.78, 5) is 27.8. The van der Waals surface area contributed by atoms with Crippen molar-refractivity contribution in [2.75, 3.05) is 11.6 Å². The number of benzene rings is 1. The van der Waals surface area contributed by atoms with E-state index in [0.717, 1.165) is 15.6 Å². The highest BCUT2D eigenvalue weighted by atomic mass is 32.2. The number of carbonyl (C=O) groups excluding carboxylic acids is 1. The van der Waals surface area contributed by atoms with Crippen LogP contribution in [-0.2, 0) is 0 Å². The maximum Gasteiger partial charge on any atom is 0.211 e. The average Bonchev–Trinajstić information content (AvgIpc) is 2.65. The van der Waals surface area contributed by atoms with Crippen LogP contribution in [0.1, 0.15) is 16.1 Å². The lowest BCUT2D eigenvalue weighted by atomic mass is 10.1. The third kappa shape index (κ3) is 2.44. The maximum absolute atomic E-state index is 12.6. The number of carbonyl (C=O) groups is 1. The fourth-order valence-corrected chi connectivity index (χ4v) is 3.52. The van der Waals surface area contributed by atoms with Gasteiger partial charge in [-0.15, -0.1) is 0 Å². The smallest absolute Gasteiger partial charge is 0.211 e. The number of aliphatic hydroxyl groups is 1. The molecule has 0 aliphatic carbocycles. The van der Waals surface area contributed by atoms with Gasteiger partial charge >= 0.3 is 0 Å². The van der Waals surface area contributed by atoms with Crippen LogP contribution < -0.4 is 4.90 Å². The van der Waals surface area contributed by atoms with E-state index in [1.54, 1.807) is 53.8 Å². The number of fused-ring (bicyclic) bond motifs is 2. The SMILES string of the molecule is O=C(c1ccc2c(c1)N(CO)c1nccnc1S2)c1ccccn1. The van der Waals surface area contributed by atoms with Crippen LogP contribution in [0.5, 0.6) is 0 Å². The van der Waals surface area contributed by atoms with E-state index in [2.05, 4.69) is 15.0 Å². The number of aliphatic hydroxyl groups excluding tert-OH is 1. The van der Waals surface area contributed by atoms with Gasteiger partial charge in [-0.1, -0.05) is 17.8 Å². The minimum Gasteiger partial charge on any atom is -0.376 e. The molecule has 6 nitrogen and oxygen atoms in total. The molecule has 118 valence electrons. The van der Waals surface area contributed by atoms with Gasteiger partial charge in [-0.05, 0) is 30.3 Å². The number of anilines is 2. The van der Waals surface area contributed by atoms with Gasteiger partial charge in [0, 0.05) is 29.0 Å². The van der Waals surface area contributed by atoms with Crippen LogP contribution in [0.15, 0.2) is 64.9 Å². The van der Waals surface area contributed by atoms with Gasteiger partial charge in [0.2, 0.25) is 5.78 Å². The summed E-state index contributed by atoms with van der Waals surface area (Å²) in [5.74, 6) is 0.422. The Hall–Kier alpha value is -2.77. The highest BCUT2D eigenvalue weighted by Gasteiger charge is 2.26. The molecule has 2 aromatic heterocycles. The number of nitrogens with zero attached hydrogens (tertiary/aromatic N) is 4. The highest BCUT2D eigenvalue weighted by molar-refractivity contribution is 7.99. The molecule has 1 aliphatic rings. The lowest BCUT2D eigenvalue weighted by molar-refractivity contribution is 0.103. The van der Waals surface area contributed by atoms with Crippen LogP contribution in [0, 0.1) is 0 Å². The normalized spacial score (nSPS) is 12.5. The molecule has 0 fully saturated rings. The lowest BCUT2D eigenvalue weighted by Gasteiger charge is -2.29. The first-order chi connectivity index (χ1) is 11.8. The summed E-state index contributed by atoms with van der Waals surface area (Å²) < 4.78 is 0. The Balaban J connectivity index is 1.78. The van der Waals surface area contributed by atoms with Gasteiger partial charge in [0.15, 0.2) is 5.82 Å². The molecule has 0 amide bonds. The molecule has 24 heavy (non-hydrogen) atoms. The molecule has 0 saturated heterocycles. The molecule has 1 N–H and O–H groups in total. The van der Waals surface area contributed by atoms with E-state index < -0.39 is 0 Å². The lowest BCUT2D eigenvalue weighted by Crippen LogP contribution is -2.23. The summed E-state index contributed by atoms with van der Waals surface area (Å²) >= 11 is 1.46. The molecule has 1 aliphatic heterocycles. The fourth-order valence-electron chi connectivity index (χ4n) is 2.54. The topological polar surface area (TPSA) is 79.2 Å². The zero-order valence-corrected chi connectivity index (χ0v) is 13.3. The summed E-state index contributed by atoms with van der Waals surface area (Å²) in [6.45, 7) is -0.250. The number of hydrogen-bond acceptors (Lipinski definition) is 7. The van der Waals surface area contributed by atoms with Crippen molar-refractivity contribution in [1.29, 1.82) is 0 Å². The quantitative estimate of drug-likeness (QED) is 0.737. The Morgan fingerprint density at radius 1 is 1.08 bits per heavy atom. The third-order valence-electron chi connectivity index (χ3n) is 3.66. The molecule has 3 heterocycles. The molecule has 0 unspecified atom stereocenters. The van der Waals surface area contributed by atoms with E-state index in [9.17, 15) is 9.90 Å². The molecule has 1 aromatic carbocycles. The van der Waals surface area contributed by atoms with E-state index in [-0.39, 0.29) is 12.5 Å². The number of rotatable bonds is 3. The standard InChI is InChI=1S/C17H12N4O2S/c22-10-21-13-9-11(15(23)12-3-1-2-6-18-12)4-5-14(13)24-17-16(21)19-7-8-20-17/h1-9,22H,10H2. The summed E-state index contributed by atoms with van der Waals surface area (Å²) in [7, 11) is 0. The predicted octanol–water partition coefficient (Wildman–Crippen LogP) is 2.66. The molecular weight excluding hydrogens is 324 g/mol. The number of pyridine rings is 1. The Kier molecular flexibility index (Phi) is 3.72. The van der Waals surface area contributed by atoms with Gasteiger partial charge < -0.3 is 5.11 Å². The van der Waals surface area contributed by atoms with Crippen LogP contribution >= 0.6 is 11.8 Å². The predicted molar refractivity (Wildman–Crippen MR) is 89.5 cm³/mol. The maximum atomic E-state index is 12.6. The van der Waals surface area contributed by atoms with Crippen LogP contribution in [0.2, 0.25) is 0 Å². The van der Waals surface area contributed by atoms with Gasteiger partial charge in [0.1, 0.15) is 17.5 Å². The van der Waals surface area contributed by atoms with Gasteiger partial charge in [0.25, 0.3) is 0 Å². The molecule has 4 rings (SSSR count). The zero-order chi connectivity index (χ0) is 16.5. The molecule has 0 bridgehead atoms. The van der Waals surface area contributed by atoms with E-state index in [1.807, 2.05) is 6.07 Å². The van der Waals surface area contributed by atoms with Crippen LogP contribution in [0.3, 0.4) is 0 Å². The molecular formula is C17H12N4O2S. The minimum absolute atomic E-state index is 0.161. The van der Waals surface area contributed by atoms with Gasteiger partial charge in [-0.25, -0.2) is 9.97 Å². The van der Waals surface area contributed by atoms with E-state index in [0.29, 0.717) is 17.1 Å². The Bertz CT molecular complexity index is 917. The summed E-state index contributed by atoms with van der Waals surface area (Å²) in [6.07, 6.45) is 4.79. The second kappa shape index (κ2) is 6.03. The minimum atomic E-state index is -0.250. The monoisotopic (exact) mass is 336 g/mol. The third-order valence-corrected chi connectivity index (χ3v) is 4.71. The Morgan fingerprint density at radius 2 is 1.96 bits per heavy atom. The van der Waals surface area contributed by atoms with Gasteiger partial charge in [-0.2, -0.15) is 0 Å². The van der Waals surface area contributed by atoms with E-state index in [4.69, 9.17) is 0 Å². The number of hydrogen-bond donors (Lipinski definition) is 1. The van der Waals surface area contributed by atoms with Crippen molar-refractivity contribution >= 4 is 29.1 Å². The van der Waals surface area contributed by atoms with Crippen molar-refractivity contribution in [2.45, 2.75) is 9.92 Å². The van der Waals surface area contributed by atoms with Crippen LogP contribution in [0.25, 0.3) is 0 Å². The first-order valence-electron chi connectivity index (χ1n) is 7.25. The first kappa shape index (κ1) is 14.8. The number of ketones is 1. The molecule has 7 heteroatoms. The van der Waals surface area contributed by atoms with Gasteiger partial charge in [-0.3, -0.25) is 14.7 Å². The Labute approximate surface area is 142 Å². The van der Waals surface area contributed by atoms with Crippen molar-refractivity contribution in [3.63, 3.8) is 0 Å². The molecule has 0 radical (unpaired) electrons. The zero-order valence-electron chi connectivity index (χ0n) is 12.5. The molecule has 0 spiro atoms. The average molecular weight is 336 g/mol. The van der Waals surface area contributed by atoms with Crippen molar-refractivity contribution in [3.05, 3.63) is 66.2 Å². The molecule has 0 saturated carbocycles. The molecule has 0 atom stereocenters.